The molecule has 1 heterocycles. The molecule has 1 aliphatic rings. The fourth-order valence-corrected chi connectivity index (χ4v) is 1.57. The van der Waals surface area contributed by atoms with Gasteiger partial charge in [0, 0.05) is 0 Å². The topological polar surface area (TPSA) is 37.4 Å². The predicted molar refractivity (Wildman–Crippen MR) is 43.2 cm³/mol. The number of nitrogens with zero attached hydrogens (tertiary/aromatic N) is 1. The van der Waals surface area contributed by atoms with E-state index in [4.69, 9.17) is 0 Å². The first kappa shape index (κ1) is 10.4. The zero-order valence-electron chi connectivity index (χ0n) is 6.37. The molecule has 0 radical (unpaired) electrons. The van der Waals surface area contributed by atoms with Gasteiger partial charge in [-0.3, -0.25) is 0 Å². The normalized spacial score (nSPS) is 20.2. The Labute approximate surface area is 73.5 Å². The van der Waals surface area contributed by atoms with Crippen LogP contribution in [-0.4, -0.2) is 47.1 Å². The molecule has 1 fully saturated rings. The molecule has 10 heavy (non-hydrogen) atoms. The molecule has 0 spiro atoms. The molecule has 0 atom stereocenters. The molecule has 58 valence electrons. The van der Waals surface area contributed by atoms with Gasteiger partial charge in [0.05, 0.1) is 0 Å². The van der Waals surface area contributed by atoms with Gasteiger partial charge < -0.3 is 13.3 Å². The van der Waals surface area contributed by atoms with Gasteiger partial charge in [-0.15, -0.1) is 0 Å². The van der Waals surface area contributed by atoms with Crippen molar-refractivity contribution >= 4 is 28.1 Å². The monoisotopic (exact) mass is 177 g/mol. The first-order chi connectivity index (χ1) is 4.24. The summed E-state index contributed by atoms with van der Waals surface area (Å²) in [4.78, 5) is 2.10. The summed E-state index contributed by atoms with van der Waals surface area (Å²) in [6.45, 7) is 4.46. The van der Waals surface area contributed by atoms with Gasteiger partial charge in [0.2, 0.25) is 0 Å². The van der Waals surface area contributed by atoms with Gasteiger partial charge in [0.1, 0.15) is 0 Å². The van der Waals surface area contributed by atoms with Crippen LogP contribution < -0.4 is 0 Å². The Balaban J connectivity index is 0.000000810. The van der Waals surface area contributed by atoms with Gasteiger partial charge in [-0.25, -0.2) is 0 Å². The first-order valence-corrected chi connectivity index (χ1v) is 4.18. The van der Waals surface area contributed by atoms with Gasteiger partial charge in [-0.1, -0.05) is 17.6 Å². The first-order valence-electron chi connectivity index (χ1n) is 3.04. The molecule has 1 rings (SSSR count). The Morgan fingerprint density at radius 1 is 1.50 bits per heavy atom. The van der Waals surface area contributed by atoms with E-state index < -0.39 is 10.7 Å². The second-order valence-electron chi connectivity index (χ2n) is 2.23. The molecule has 1 saturated heterocycles. The maximum atomic E-state index is 10.2. The summed E-state index contributed by atoms with van der Waals surface area (Å²) in [6.07, 6.45) is 0. The van der Waals surface area contributed by atoms with Crippen molar-refractivity contribution in [1.82, 2.24) is 4.90 Å². The molecule has 0 bridgehead atoms. The molecular weight excluding hydrogens is 165 g/mol. The van der Waals surface area contributed by atoms with Gasteiger partial charge >= 0.3 is 17.4 Å². The van der Waals surface area contributed by atoms with Crippen LogP contribution in [0, 0.1) is 0 Å². The van der Waals surface area contributed by atoms with Crippen LogP contribution in [0.25, 0.3) is 0 Å². The third kappa shape index (κ3) is 2.24. The number of rotatable bonds is 2. The average Bonchev–Trinajstić information content (AvgIpc) is 1.61. The van der Waals surface area contributed by atoms with E-state index in [1.165, 1.54) is 0 Å². The van der Waals surface area contributed by atoms with Crippen LogP contribution in [0.3, 0.4) is 0 Å². The summed E-state index contributed by atoms with van der Waals surface area (Å²) in [5.74, 6) is 0. The molecule has 3 nitrogen and oxygen atoms in total. The Morgan fingerprint density at radius 3 is 2.30 bits per heavy atom. The molecule has 5 heteroatoms. The third-order valence-corrected chi connectivity index (χ3v) is 2.49. The molecule has 1 aliphatic heterocycles. The minimum atomic E-state index is -1.84. The molecular formula is C5H12AlNO2S. The molecule has 0 aliphatic carbocycles. The predicted octanol–water partition coefficient (Wildman–Crippen LogP) is -0.916. The van der Waals surface area contributed by atoms with Gasteiger partial charge in [-0.2, -0.15) is 0 Å². The molecule has 0 aromatic heterocycles. The van der Waals surface area contributed by atoms with Crippen LogP contribution in [0.2, 0.25) is 0 Å². The Bertz CT molecular complexity index is 157. The maximum absolute atomic E-state index is 10.2. The van der Waals surface area contributed by atoms with Crippen molar-refractivity contribution in [3.63, 3.8) is 0 Å². The van der Waals surface area contributed by atoms with Crippen LogP contribution in [0.4, 0.5) is 0 Å². The van der Waals surface area contributed by atoms with Crippen molar-refractivity contribution in [1.29, 1.82) is 0 Å². The number of hydrogen-bond donors (Lipinski definition) is 0. The van der Waals surface area contributed by atoms with Crippen LogP contribution in [0.1, 0.15) is 6.92 Å². The zero-order valence-corrected chi connectivity index (χ0v) is 9.19. The van der Waals surface area contributed by atoms with Crippen molar-refractivity contribution in [3.05, 3.63) is 0 Å². The van der Waals surface area contributed by atoms with Crippen LogP contribution in [0.15, 0.2) is 0 Å². The van der Waals surface area contributed by atoms with E-state index in [0.717, 1.165) is 19.6 Å². The van der Waals surface area contributed by atoms with Crippen molar-refractivity contribution in [2.75, 3.05) is 19.6 Å². The fraction of sp³-hybridized carbons (Fsp3) is 1.00. The summed E-state index contributed by atoms with van der Waals surface area (Å²) in [5.41, 5.74) is 0. The SMILES string of the molecule is CCN1CC([S-](=O)=O)C1.[AlH2+]. The van der Waals surface area contributed by atoms with E-state index in [-0.39, 0.29) is 22.6 Å². The second kappa shape index (κ2) is 4.35. The summed E-state index contributed by atoms with van der Waals surface area (Å²) in [5, 5.41) is -0.0926. The van der Waals surface area contributed by atoms with Crippen LogP contribution in [-0.2, 0) is 19.1 Å². The van der Waals surface area contributed by atoms with Gasteiger partial charge in [0.15, 0.2) is 0 Å². The third-order valence-electron chi connectivity index (χ3n) is 1.64. The summed E-state index contributed by atoms with van der Waals surface area (Å²) >= 11 is 0. The van der Waals surface area contributed by atoms with E-state index >= 15 is 0 Å². The molecule has 0 saturated carbocycles. The Morgan fingerprint density at radius 2 is 2.00 bits per heavy atom. The van der Waals surface area contributed by atoms with E-state index in [9.17, 15) is 8.42 Å². The van der Waals surface area contributed by atoms with Crippen molar-refractivity contribution < 1.29 is 8.42 Å². The molecule has 0 aromatic carbocycles. The molecule has 0 N–H and O–H groups in total. The van der Waals surface area contributed by atoms with Crippen LogP contribution >= 0.6 is 0 Å². The van der Waals surface area contributed by atoms with Crippen molar-refractivity contribution in [2.45, 2.75) is 12.2 Å². The summed E-state index contributed by atoms with van der Waals surface area (Å²) in [6, 6.07) is 0. The number of likely N-dealkylation sites (tertiary alicyclic amines) is 1. The van der Waals surface area contributed by atoms with E-state index in [1.54, 1.807) is 0 Å². The van der Waals surface area contributed by atoms with Crippen LogP contribution in [0.5, 0.6) is 0 Å². The average molecular weight is 177 g/mol. The number of hydrogen-bond acceptors (Lipinski definition) is 4. The van der Waals surface area contributed by atoms with Gasteiger partial charge in [-0.05, 0) is 24.9 Å². The Hall–Kier alpha value is 0.442. The van der Waals surface area contributed by atoms with E-state index in [1.807, 2.05) is 6.92 Å². The van der Waals surface area contributed by atoms with Crippen molar-refractivity contribution in [3.8, 4) is 0 Å². The minimum absolute atomic E-state index is 0. The standard InChI is InChI=1S/C5H10NO2S.Al.2H/c1-2-6-3-5(4-6)9(7)8;;;/h5H,2-4H2,1H3;;;/q-1;+1;;. The van der Waals surface area contributed by atoms with Gasteiger partial charge in [0.25, 0.3) is 0 Å². The summed E-state index contributed by atoms with van der Waals surface area (Å²) in [7, 11) is -1.84. The Kier molecular flexibility index (Phi) is 4.54. The molecule has 0 aromatic rings. The quantitative estimate of drug-likeness (QED) is 0.404. The molecule has 0 amide bonds. The zero-order chi connectivity index (χ0) is 6.85. The van der Waals surface area contributed by atoms with E-state index in [0.29, 0.717) is 0 Å². The molecule has 0 unspecified atom stereocenters. The van der Waals surface area contributed by atoms with E-state index in [2.05, 4.69) is 4.90 Å². The van der Waals surface area contributed by atoms with Crippen molar-refractivity contribution in [2.24, 2.45) is 0 Å². The fourth-order valence-electron chi connectivity index (χ4n) is 0.902. The summed E-state index contributed by atoms with van der Waals surface area (Å²) < 4.78 is 20.4. The second-order valence-corrected chi connectivity index (χ2v) is 3.42.